The Bertz CT molecular complexity index is 956. The number of phenols is 2. The average molecular weight is 403 g/mol. The van der Waals surface area contributed by atoms with Gasteiger partial charge in [0.1, 0.15) is 11.5 Å². The monoisotopic (exact) mass is 402 g/mol. The highest BCUT2D eigenvalue weighted by Gasteiger charge is 1.98. The van der Waals surface area contributed by atoms with Gasteiger partial charge in [-0.2, -0.15) is 0 Å². The minimum Gasteiger partial charge on any atom is -0.508 e. The van der Waals surface area contributed by atoms with Gasteiger partial charge in [0.25, 0.3) is 0 Å². The van der Waals surface area contributed by atoms with E-state index in [0.717, 1.165) is 35.0 Å². The number of hydrogen-bond donors (Lipinski definition) is 4. The molecule has 4 aromatic rings. The molecule has 30 heavy (non-hydrogen) atoms. The lowest BCUT2D eigenvalue weighted by atomic mass is 10.1. The van der Waals surface area contributed by atoms with Crippen molar-refractivity contribution >= 4 is 22.1 Å². The maximum atomic E-state index is 8.85. The van der Waals surface area contributed by atoms with Gasteiger partial charge in [-0.1, -0.05) is 62.4 Å². The Kier molecular flexibility index (Phi) is 8.57. The summed E-state index contributed by atoms with van der Waals surface area (Å²) in [5, 5.41) is 19.8. The molecule has 4 rings (SSSR count). The second-order valence-corrected chi connectivity index (χ2v) is 6.83. The fourth-order valence-corrected chi connectivity index (χ4v) is 2.82. The molecule has 0 radical (unpaired) electrons. The van der Waals surface area contributed by atoms with Crippen LogP contribution in [0, 0.1) is 0 Å². The van der Waals surface area contributed by atoms with Crippen molar-refractivity contribution in [3.05, 3.63) is 96.1 Å². The van der Waals surface area contributed by atoms with Crippen LogP contribution in [0.15, 0.2) is 84.9 Å². The second kappa shape index (κ2) is 11.4. The van der Waals surface area contributed by atoms with Gasteiger partial charge in [0.15, 0.2) is 0 Å². The molecule has 0 aliphatic rings. The molecule has 4 nitrogen and oxygen atoms in total. The van der Waals surface area contributed by atoms with E-state index in [9.17, 15) is 0 Å². The summed E-state index contributed by atoms with van der Waals surface area (Å²) in [5.41, 5.74) is 15.6. The lowest BCUT2D eigenvalue weighted by molar-refractivity contribution is 0.474. The number of anilines is 2. The van der Waals surface area contributed by atoms with Crippen molar-refractivity contribution in [2.45, 2.75) is 26.7 Å². The van der Waals surface area contributed by atoms with Crippen LogP contribution in [0.4, 0.5) is 11.4 Å². The Labute approximate surface area is 178 Å². The summed E-state index contributed by atoms with van der Waals surface area (Å²) < 4.78 is 0. The SMILES string of the molecule is CCc1ccc(O)cc1.CCc1ccc(O)cc1.Nc1cccc2c(N)cccc12. The van der Waals surface area contributed by atoms with Gasteiger partial charge in [-0.3, -0.25) is 0 Å². The van der Waals surface area contributed by atoms with Crippen LogP contribution < -0.4 is 11.5 Å². The molecule has 0 bridgehead atoms. The first-order chi connectivity index (χ1) is 14.4. The molecule has 0 unspecified atom stereocenters. The zero-order valence-electron chi connectivity index (χ0n) is 17.5. The normalized spacial score (nSPS) is 9.80. The molecule has 6 N–H and O–H groups in total. The summed E-state index contributed by atoms with van der Waals surface area (Å²) in [6, 6.07) is 26.1. The predicted octanol–water partition coefficient (Wildman–Crippen LogP) is 5.91. The summed E-state index contributed by atoms with van der Waals surface area (Å²) in [7, 11) is 0. The molecule has 0 amide bonds. The van der Waals surface area contributed by atoms with Crippen LogP contribution >= 0.6 is 0 Å². The molecular weight excluding hydrogens is 372 g/mol. The quantitative estimate of drug-likeness (QED) is 0.313. The largest absolute Gasteiger partial charge is 0.508 e. The summed E-state index contributed by atoms with van der Waals surface area (Å²) in [5.74, 6) is 0.680. The maximum Gasteiger partial charge on any atom is 0.115 e. The smallest absolute Gasteiger partial charge is 0.115 e. The average Bonchev–Trinajstić information content (AvgIpc) is 2.77. The highest BCUT2D eigenvalue weighted by Crippen LogP contribution is 2.24. The van der Waals surface area contributed by atoms with Crippen LogP contribution in [0.5, 0.6) is 11.5 Å². The Morgan fingerprint density at radius 2 is 0.867 bits per heavy atom. The molecule has 0 aliphatic carbocycles. The lowest BCUT2D eigenvalue weighted by Crippen LogP contribution is -1.90. The Morgan fingerprint density at radius 3 is 1.17 bits per heavy atom. The van der Waals surface area contributed by atoms with Crippen LogP contribution in [0.2, 0.25) is 0 Å². The molecule has 4 aromatic carbocycles. The number of nitrogen functional groups attached to an aromatic ring is 2. The maximum absolute atomic E-state index is 8.85. The predicted molar refractivity (Wildman–Crippen MR) is 128 cm³/mol. The zero-order valence-corrected chi connectivity index (χ0v) is 17.5. The van der Waals surface area contributed by atoms with Crippen molar-refractivity contribution in [1.29, 1.82) is 0 Å². The van der Waals surface area contributed by atoms with Gasteiger partial charge < -0.3 is 21.7 Å². The van der Waals surface area contributed by atoms with Crippen molar-refractivity contribution < 1.29 is 10.2 Å². The third kappa shape index (κ3) is 6.74. The molecule has 0 saturated carbocycles. The van der Waals surface area contributed by atoms with Crippen LogP contribution in [0.3, 0.4) is 0 Å². The minimum absolute atomic E-state index is 0.340. The summed E-state index contributed by atoms with van der Waals surface area (Å²) in [6.45, 7) is 4.18. The van der Waals surface area contributed by atoms with E-state index in [1.54, 1.807) is 24.3 Å². The molecule has 0 aromatic heterocycles. The fourth-order valence-electron chi connectivity index (χ4n) is 2.82. The fraction of sp³-hybridized carbons (Fsp3) is 0.154. The van der Waals surface area contributed by atoms with E-state index >= 15 is 0 Å². The number of hydrogen-bond acceptors (Lipinski definition) is 4. The topological polar surface area (TPSA) is 92.5 Å². The Hall–Kier alpha value is -3.66. The molecule has 0 fully saturated rings. The molecule has 0 aliphatic heterocycles. The number of rotatable bonds is 2. The third-order valence-corrected chi connectivity index (χ3v) is 4.68. The minimum atomic E-state index is 0.340. The van der Waals surface area contributed by atoms with Gasteiger partial charge in [0.2, 0.25) is 0 Å². The van der Waals surface area contributed by atoms with Gasteiger partial charge in [-0.25, -0.2) is 0 Å². The van der Waals surface area contributed by atoms with E-state index in [0.29, 0.717) is 11.5 Å². The molecule has 0 spiro atoms. The molecule has 0 heterocycles. The summed E-state index contributed by atoms with van der Waals surface area (Å²) in [6.07, 6.45) is 2.06. The lowest BCUT2D eigenvalue weighted by Gasteiger charge is -2.03. The number of phenolic OH excluding ortho intramolecular Hbond substituents is 2. The van der Waals surface area contributed by atoms with E-state index in [1.807, 2.05) is 60.7 Å². The zero-order chi connectivity index (χ0) is 21.9. The highest BCUT2D eigenvalue weighted by molar-refractivity contribution is 5.99. The van der Waals surface area contributed by atoms with Crippen LogP contribution in [0.25, 0.3) is 10.8 Å². The number of aryl methyl sites for hydroxylation is 2. The highest BCUT2D eigenvalue weighted by atomic mass is 16.3. The number of benzene rings is 4. The van der Waals surface area contributed by atoms with Gasteiger partial charge in [0.05, 0.1) is 0 Å². The Balaban J connectivity index is 0.000000163. The number of fused-ring (bicyclic) bond motifs is 1. The first kappa shape index (κ1) is 22.6. The van der Waals surface area contributed by atoms with E-state index in [2.05, 4.69) is 13.8 Å². The van der Waals surface area contributed by atoms with Gasteiger partial charge >= 0.3 is 0 Å². The third-order valence-electron chi connectivity index (χ3n) is 4.68. The summed E-state index contributed by atoms with van der Waals surface area (Å²) in [4.78, 5) is 0. The van der Waals surface area contributed by atoms with E-state index in [-0.39, 0.29) is 0 Å². The standard InChI is InChI=1S/C10H10N2.2C8H10O/c11-9-5-1-3-7-8(9)4-2-6-10(7)12;2*1-2-7-3-5-8(9)6-4-7/h1-6H,11-12H2;2*3-6,9H,2H2,1H3. The van der Waals surface area contributed by atoms with Crippen molar-refractivity contribution in [3.63, 3.8) is 0 Å². The molecule has 156 valence electrons. The van der Waals surface area contributed by atoms with Gasteiger partial charge in [-0.05, 0) is 60.4 Å². The number of aromatic hydroxyl groups is 2. The first-order valence-electron chi connectivity index (χ1n) is 10.0. The molecular formula is C26H30N2O2. The van der Waals surface area contributed by atoms with Crippen molar-refractivity contribution in [2.75, 3.05) is 11.5 Å². The molecule has 0 atom stereocenters. The van der Waals surface area contributed by atoms with Crippen molar-refractivity contribution in [1.82, 2.24) is 0 Å². The van der Waals surface area contributed by atoms with E-state index < -0.39 is 0 Å². The van der Waals surface area contributed by atoms with Gasteiger partial charge in [0, 0.05) is 22.1 Å². The molecule has 0 saturated heterocycles. The van der Waals surface area contributed by atoms with Gasteiger partial charge in [-0.15, -0.1) is 0 Å². The Morgan fingerprint density at radius 1 is 0.533 bits per heavy atom. The second-order valence-electron chi connectivity index (χ2n) is 6.83. The van der Waals surface area contributed by atoms with Crippen LogP contribution in [0.1, 0.15) is 25.0 Å². The molecule has 4 heteroatoms. The van der Waals surface area contributed by atoms with Crippen LogP contribution in [-0.4, -0.2) is 10.2 Å². The van der Waals surface area contributed by atoms with E-state index in [1.165, 1.54) is 11.1 Å². The first-order valence-corrected chi connectivity index (χ1v) is 10.0. The van der Waals surface area contributed by atoms with Crippen LogP contribution in [-0.2, 0) is 12.8 Å². The van der Waals surface area contributed by atoms with Crippen molar-refractivity contribution in [3.8, 4) is 11.5 Å². The number of nitrogens with two attached hydrogens (primary N) is 2. The summed E-state index contributed by atoms with van der Waals surface area (Å²) >= 11 is 0. The van der Waals surface area contributed by atoms with Crippen molar-refractivity contribution in [2.24, 2.45) is 0 Å². The van der Waals surface area contributed by atoms with E-state index in [4.69, 9.17) is 21.7 Å².